The zero-order chi connectivity index (χ0) is 25.9. The minimum atomic E-state index is -0.381. The number of benzene rings is 2. The van der Waals surface area contributed by atoms with Crippen LogP contribution in [0.25, 0.3) is 5.69 Å². The van der Waals surface area contributed by atoms with Crippen molar-refractivity contribution in [2.24, 2.45) is 4.99 Å². The predicted molar refractivity (Wildman–Crippen MR) is 149 cm³/mol. The molecule has 0 radical (unpaired) electrons. The topological polar surface area (TPSA) is 89.5 Å². The van der Waals surface area contributed by atoms with E-state index in [0.29, 0.717) is 6.42 Å². The van der Waals surface area contributed by atoms with Crippen molar-refractivity contribution in [2.75, 3.05) is 5.32 Å². The van der Waals surface area contributed by atoms with Crippen molar-refractivity contribution in [3.8, 4) is 5.69 Å². The highest BCUT2D eigenvalue weighted by molar-refractivity contribution is 7.16. The first kappa shape index (κ1) is 24.6. The Balaban J connectivity index is 1.45. The second kappa shape index (κ2) is 10.5. The number of hydrogen-bond donors (Lipinski definition) is 1. The SMILES string of the molecule is Cc1cc(/C=N/c2sc3c(c2CC(=O)Nc2ccccc2)CCCC3)c(C)n1-c1cccc([N+](=O)[O-])c1. The molecule has 1 aliphatic rings. The fourth-order valence-electron chi connectivity index (χ4n) is 4.98. The zero-order valence-corrected chi connectivity index (χ0v) is 21.7. The summed E-state index contributed by atoms with van der Waals surface area (Å²) in [7, 11) is 0. The molecular weight excluding hydrogens is 484 g/mol. The molecule has 8 heteroatoms. The van der Waals surface area contributed by atoms with Gasteiger partial charge in [0.15, 0.2) is 0 Å². The number of para-hydroxylation sites is 1. The number of non-ortho nitro benzene ring substituents is 1. The third-order valence-corrected chi connectivity index (χ3v) is 7.99. The highest BCUT2D eigenvalue weighted by Crippen LogP contribution is 2.40. The number of nitrogens with one attached hydrogen (secondary N) is 1. The van der Waals surface area contributed by atoms with Gasteiger partial charge in [-0.05, 0) is 69.4 Å². The number of nitrogens with zero attached hydrogens (tertiary/aromatic N) is 3. The van der Waals surface area contributed by atoms with Crippen LogP contribution in [0.2, 0.25) is 0 Å². The summed E-state index contributed by atoms with van der Waals surface area (Å²) < 4.78 is 2.00. The van der Waals surface area contributed by atoms with Gasteiger partial charge in [-0.3, -0.25) is 14.9 Å². The van der Waals surface area contributed by atoms with Crippen LogP contribution >= 0.6 is 11.3 Å². The van der Waals surface area contributed by atoms with Gasteiger partial charge >= 0.3 is 0 Å². The molecule has 2 heterocycles. The molecule has 2 aromatic carbocycles. The number of amides is 1. The van der Waals surface area contributed by atoms with Gasteiger partial charge in [0, 0.05) is 51.4 Å². The lowest BCUT2D eigenvalue weighted by molar-refractivity contribution is -0.384. The average Bonchev–Trinajstić information content (AvgIpc) is 3.38. The molecule has 7 nitrogen and oxygen atoms in total. The normalized spacial score (nSPS) is 13.0. The summed E-state index contributed by atoms with van der Waals surface area (Å²) in [5.74, 6) is -0.0438. The van der Waals surface area contributed by atoms with E-state index in [1.165, 1.54) is 16.5 Å². The maximum Gasteiger partial charge on any atom is 0.271 e. The molecule has 1 amide bonds. The molecule has 1 aliphatic carbocycles. The average molecular weight is 513 g/mol. The Hall–Kier alpha value is -4.04. The van der Waals surface area contributed by atoms with Gasteiger partial charge in [-0.1, -0.05) is 24.3 Å². The molecule has 37 heavy (non-hydrogen) atoms. The van der Waals surface area contributed by atoms with Gasteiger partial charge in [-0.2, -0.15) is 0 Å². The minimum Gasteiger partial charge on any atom is -0.326 e. The van der Waals surface area contributed by atoms with E-state index in [2.05, 4.69) is 5.32 Å². The molecule has 0 fully saturated rings. The maximum absolute atomic E-state index is 12.9. The fraction of sp³-hybridized carbons (Fsp3) is 0.241. The first-order chi connectivity index (χ1) is 17.9. The number of hydrogen-bond acceptors (Lipinski definition) is 5. The van der Waals surface area contributed by atoms with Crippen LogP contribution in [-0.2, 0) is 24.1 Å². The van der Waals surface area contributed by atoms with Crippen LogP contribution in [0.15, 0.2) is 65.7 Å². The summed E-state index contributed by atoms with van der Waals surface area (Å²) in [5, 5.41) is 15.1. The molecule has 0 bridgehead atoms. The molecule has 0 aliphatic heterocycles. The van der Waals surface area contributed by atoms with Gasteiger partial charge in [0.1, 0.15) is 5.00 Å². The summed E-state index contributed by atoms with van der Waals surface area (Å²) in [6.07, 6.45) is 6.45. The van der Waals surface area contributed by atoms with Crippen molar-refractivity contribution in [3.05, 3.63) is 104 Å². The van der Waals surface area contributed by atoms with Crippen LogP contribution in [0, 0.1) is 24.0 Å². The zero-order valence-electron chi connectivity index (χ0n) is 20.9. The number of rotatable bonds is 7. The van der Waals surface area contributed by atoms with E-state index in [1.54, 1.807) is 23.5 Å². The van der Waals surface area contributed by atoms with Gasteiger partial charge in [0.05, 0.1) is 17.0 Å². The number of nitro benzene ring substituents is 1. The Morgan fingerprint density at radius 3 is 2.68 bits per heavy atom. The lowest BCUT2D eigenvalue weighted by atomic mass is 9.94. The van der Waals surface area contributed by atoms with E-state index in [-0.39, 0.29) is 16.5 Å². The quantitative estimate of drug-likeness (QED) is 0.166. The van der Waals surface area contributed by atoms with Gasteiger partial charge in [-0.25, -0.2) is 4.99 Å². The van der Waals surface area contributed by atoms with E-state index in [9.17, 15) is 14.9 Å². The third-order valence-electron chi connectivity index (χ3n) is 6.74. The van der Waals surface area contributed by atoms with Crippen LogP contribution in [0.3, 0.4) is 0 Å². The smallest absolute Gasteiger partial charge is 0.271 e. The summed E-state index contributed by atoms with van der Waals surface area (Å²) in [6.45, 7) is 3.97. The Kier molecular flexibility index (Phi) is 7.01. The summed E-state index contributed by atoms with van der Waals surface area (Å²) in [6, 6.07) is 18.2. The van der Waals surface area contributed by atoms with Crippen molar-refractivity contribution < 1.29 is 9.72 Å². The Morgan fingerprint density at radius 1 is 1.11 bits per heavy atom. The minimum absolute atomic E-state index is 0.0438. The Morgan fingerprint density at radius 2 is 1.89 bits per heavy atom. The predicted octanol–water partition coefficient (Wildman–Crippen LogP) is 6.87. The highest BCUT2D eigenvalue weighted by atomic mass is 32.1. The number of carbonyl (C=O) groups is 1. The van der Waals surface area contributed by atoms with Crippen LogP contribution in [0.4, 0.5) is 16.4 Å². The number of aliphatic imine (C=N–C) groups is 1. The maximum atomic E-state index is 12.9. The molecule has 5 rings (SSSR count). The number of thiophene rings is 1. The number of carbonyl (C=O) groups excluding carboxylic acids is 1. The molecule has 2 aromatic heterocycles. The van der Waals surface area contributed by atoms with Crippen molar-refractivity contribution >= 4 is 39.8 Å². The molecule has 4 aromatic rings. The van der Waals surface area contributed by atoms with E-state index in [4.69, 9.17) is 4.99 Å². The van der Waals surface area contributed by atoms with Crippen LogP contribution in [-0.4, -0.2) is 21.6 Å². The first-order valence-electron chi connectivity index (χ1n) is 12.4. The van der Waals surface area contributed by atoms with Crippen molar-refractivity contribution in [2.45, 2.75) is 46.0 Å². The molecule has 0 saturated heterocycles. The molecule has 0 atom stereocenters. The fourth-order valence-corrected chi connectivity index (χ4v) is 6.23. The summed E-state index contributed by atoms with van der Waals surface area (Å²) >= 11 is 1.69. The Labute approximate surface area is 219 Å². The number of fused-ring (bicyclic) bond motifs is 1. The van der Waals surface area contributed by atoms with Gasteiger partial charge in [0.25, 0.3) is 5.69 Å². The van der Waals surface area contributed by atoms with E-state index in [0.717, 1.165) is 64.6 Å². The molecule has 0 spiro atoms. The van der Waals surface area contributed by atoms with Crippen molar-refractivity contribution in [1.29, 1.82) is 0 Å². The lowest BCUT2D eigenvalue weighted by Gasteiger charge is -2.13. The summed E-state index contributed by atoms with van der Waals surface area (Å²) in [4.78, 5) is 30.0. The van der Waals surface area contributed by atoms with Gasteiger partial charge < -0.3 is 9.88 Å². The van der Waals surface area contributed by atoms with Gasteiger partial charge in [-0.15, -0.1) is 11.3 Å². The van der Waals surface area contributed by atoms with Crippen LogP contribution < -0.4 is 5.32 Å². The molecule has 0 saturated carbocycles. The molecular formula is C29H28N4O3S. The molecule has 1 N–H and O–H groups in total. The summed E-state index contributed by atoms with van der Waals surface area (Å²) in [5.41, 5.74) is 6.76. The first-order valence-corrected chi connectivity index (χ1v) is 13.2. The van der Waals surface area contributed by atoms with Crippen LogP contribution in [0.1, 0.15) is 45.8 Å². The van der Waals surface area contributed by atoms with Crippen molar-refractivity contribution in [3.63, 3.8) is 0 Å². The van der Waals surface area contributed by atoms with Crippen LogP contribution in [0.5, 0.6) is 0 Å². The van der Waals surface area contributed by atoms with E-state index >= 15 is 0 Å². The van der Waals surface area contributed by atoms with Crippen molar-refractivity contribution in [1.82, 2.24) is 4.57 Å². The number of aromatic nitrogens is 1. The second-order valence-corrected chi connectivity index (χ2v) is 10.4. The number of nitro groups is 1. The highest BCUT2D eigenvalue weighted by Gasteiger charge is 2.22. The van der Waals surface area contributed by atoms with E-state index < -0.39 is 0 Å². The number of aryl methyl sites for hydroxylation is 2. The Bertz CT molecular complexity index is 1500. The monoisotopic (exact) mass is 512 g/mol. The molecule has 0 unspecified atom stereocenters. The number of anilines is 1. The third kappa shape index (κ3) is 5.24. The standard InChI is InChI=1S/C29H28N4O3S/c1-19-15-21(20(2)32(19)23-11-8-12-24(16-23)33(35)36)18-30-29-26(25-13-6-7-14-27(25)37-29)17-28(34)31-22-9-4-3-5-10-22/h3-5,8-12,15-16,18H,6-7,13-14,17H2,1-2H3,(H,31,34)/b30-18+. The largest absolute Gasteiger partial charge is 0.326 e. The van der Waals surface area contributed by atoms with Gasteiger partial charge in [0.2, 0.25) is 5.91 Å². The lowest BCUT2D eigenvalue weighted by Crippen LogP contribution is -2.15. The van der Waals surface area contributed by atoms with E-state index in [1.807, 2.05) is 67.1 Å². The molecule has 188 valence electrons. The second-order valence-electron chi connectivity index (χ2n) is 9.28.